The van der Waals surface area contributed by atoms with Crippen LogP contribution < -0.4 is 10.6 Å². The van der Waals surface area contributed by atoms with E-state index in [1.807, 2.05) is 25.7 Å². The number of nitrogens with one attached hydrogen (secondary N) is 2. The number of aliphatic imine (C=N–C) groups is 1. The van der Waals surface area contributed by atoms with Crippen LogP contribution in [0.1, 0.15) is 51.5 Å². The topological polar surface area (TPSA) is 56.7 Å². The molecule has 162 valence electrons. The second-order valence-electron chi connectivity index (χ2n) is 7.95. The second-order valence-corrected chi connectivity index (χ2v) is 8.36. The molecule has 1 aromatic rings. The van der Waals surface area contributed by atoms with E-state index >= 15 is 0 Å². The molecule has 0 radical (unpaired) electrons. The number of benzene rings is 1. The quantitative estimate of drug-likeness (QED) is 0.338. The van der Waals surface area contributed by atoms with Gasteiger partial charge in [-0.2, -0.15) is 0 Å². The molecular formula is C21H31ClFIN4O. The molecule has 1 heterocycles. The van der Waals surface area contributed by atoms with Gasteiger partial charge in [-0.05, 0) is 38.3 Å². The van der Waals surface area contributed by atoms with Crippen LogP contribution in [0.3, 0.4) is 0 Å². The lowest BCUT2D eigenvalue weighted by Gasteiger charge is -2.34. The van der Waals surface area contributed by atoms with Gasteiger partial charge in [0.25, 0.3) is 0 Å². The number of piperidine rings is 1. The molecule has 2 aliphatic rings. The van der Waals surface area contributed by atoms with Crippen molar-refractivity contribution in [3.05, 3.63) is 34.6 Å². The largest absolute Gasteiger partial charge is 0.354 e. The first-order valence-corrected chi connectivity index (χ1v) is 10.6. The van der Waals surface area contributed by atoms with Crippen LogP contribution in [0.2, 0.25) is 5.02 Å². The van der Waals surface area contributed by atoms with Crippen molar-refractivity contribution in [1.82, 2.24) is 15.5 Å². The van der Waals surface area contributed by atoms with Gasteiger partial charge in [-0.1, -0.05) is 31.5 Å². The molecule has 2 fully saturated rings. The van der Waals surface area contributed by atoms with E-state index in [4.69, 9.17) is 11.6 Å². The van der Waals surface area contributed by atoms with Crippen molar-refractivity contribution in [2.24, 2.45) is 10.9 Å². The molecule has 1 amide bonds. The average molecular weight is 537 g/mol. The summed E-state index contributed by atoms with van der Waals surface area (Å²) >= 11 is 6.20. The summed E-state index contributed by atoms with van der Waals surface area (Å²) in [6.07, 6.45) is 2.64. The molecule has 2 N–H and O–H groups in total. The van der Waals surface area contributed by atoms with Crippen molar-refractivity contribution < 1.29 is 9.18 Å². The van der Waals surface area contributed by atoms with Gasteiger partial charge in [-0.15, -0.1) is 24.0 Å². The first-order chi connectivity index (χ1) is 13.4. The van der Waals surface area contributed by atoms with Crippen LogP contribution >= 0.6 is 35.6 Å². The van der Waals surface area contributed by atoms with Crippen LogP contribution in [0, 0.1) is 11.7 Å². The van der Waals surface area contributed by atoms with Crippen molar-refractivity contribution in [2.45, 2.75) is 58.0 Å². The molecule has 1 aliphatic heterocycles. The highest BCUT2D eigenvalue weighted by Crippen LogP contribution is 2.44. The molecular weight excluding hydrogens is 506 g/mol. The van der Waals surface area contributed by atoms with Crippen molar-refractivity contribution in [2.75, 3.05) is 19.6 Å². The molecule has 1 saturated carbocycles. The number of rotatable bonds is 5. The first-order valence-electron chi connectivity index (χ1n) is 10.2. The van der Waals surface area contributed by atoms with E-state index in [2.05, 4.69) is 15.6 Å². The van der Waals surface area contributed by atoms with Crippen LogP contribution in [-0.2, 0) is 4.79 Å². The number of carbonyl (C=O) groups excluding carboxylic acids is 1. The fraction of sp³-hybridized carbons (Fsp3) is 0.619. The molecule has 29 heavy (non-hydrogen) atoms. The highest BCUT2D eigenvalue weighted by molar-refractivity contribution is 14.0. The summed E-state index contributed by atoms with van der Waals surface area (Å²) in [5.41, 5.74) is 0.595. The summed E-state index contributed by atoms with van der Waals surface area (Å²) in [6, 6.07) is 5.25. The van der Waals surface area contributed by atoms with Gasteiger partial charge in [-0.25, -0.2) is 4.39 Å². The fourth-order valence-corrected chi connectivity index (χ4v) is 4.11. The van der Waals surface area contributed by atoms with Gasteiger partial charge in [0.05, 0.1) is 0 Å². The number of nitrogens with zero attached hydrogens (tertiary/aromatic N) is 2. The highest BCUT2D eigenvalue weighted by atomic mass is 127. The number of hydrogen-bond donors (Lipinski definition) is 2. The zero-order valence-electron chi connectivity index (χ0n) is 17.3. The van der Waals surface area contributed by atoms with Gasteiger partial charge in [0.2, 0.25) is 5.91 Å². The third-order valence-corrected chi connectivity index (χ3v) is 5.77. The van der Waals surface area contributed by atoms with E-state index < -0.39 is 0 Å². The summed E-state index contributed by atoms with van der Waals surface area (Å²) in [7, 11) is 0. The maximum absolute atomic E-state index is 14.1. The van der Waals surface area contributed by atoms with Crippen molar-refractivity contribution in [3.8, 4) is 0 Å². The van der Waals surface area contributed by atoms with Gasteiger partial charge < -0.3 is 15.5 Å². The van der Waals surface area contributed by atoms with E-state index in [1.165, 1.54) is 6.07 Å². The lowest BCUT2D eigenvalue weighted by atomic mass is 10.0. The molecule has 0 aromatic heterocycles. The van der Waals surface area contributed by atoms with E-state index in [-0.39, 0.29) is 59.6 Å². The van der Waals surface area contributed by atoms with Gasteiger partial charge in [0.1, 0.15) is 5.82 Å². The van der Waals surface area contributed by atoms with E-state index in [1.54, 1.807) is 12.1 Å². The summed E-state index contributed by atoms with van der Waals surface area (Å²) < 4.78 is 14.1. The minimum atomic E-state index is -0.245. The van der Waals surface area contributed by atoms with Crippen LogP contribution in [0.15, 0.2) is 23.2 Å². The highest BCUT2D eigenvalue weighted by Gasteiger charge is 2.42. The van der Waals surface area contributed by atoms with Crippen LogP contribution in [0.25, 0.3) is 0 Å². The Balaban J connectivity index is 0.00000300. The third kappa shape index (κ3) is 6.20. The Morgan fingerprint density at radius 2 is 2.00 bits per heavy atom. The van der Waals surface area contributed by atoms with Crippen molar-refractivity contribution in [3.63, 3.8) is 0 Å². The Labute approximate surface area is 194 Å². The molecule has 0 bridgehead atoms. The predicted molar refractivity (Wildman–Crippen MR) is 127 cm³/mol. The number of carbonyl (C=O) groups is 1. The van der Waals surface area contributed by atoms with Crippen molar-refractivity contribution in [1.29, 1.82) is 0 Å². The van der Waals surface area contributed by atoms with Gasteiger partial charge in [0, 0.05) is 54.1 Å². The molecule has 1 saturated heterocycles. The van der Waals surface area contributed by atoms with Crippen LogP contribution in [-0.4, -0.2) is 48.5 Å². The summed E-state index contributed by atoms with van der Waals surface area (Å²) in [5.74, 6) is 0.854. The van der Waals surface area contributed by atoms with Crippen molar-refractivity contribution >= 4 is 47.4 Å². The summed E-state index contributed by atoms with van der Waals surface area (Å²) in [4.78, 5) is 18.6. The molecule has 2 atom stereocenters. The Hall–Kier alpha value is -1.09. The Morgan fingerprint density at radius 1 is 1.31 bits per heavy atom. The van der Waals surface area contributed by atoms with E-state index in [0.29, 0.717) is 17.1 Å². The van der Waals surface area contributed by atoms with Crippen LogP contribution in [0.4, 0.5) is 4.39 Å². The number of amides is 1. The molecule has 5 nitrogen and oxygen atoms in total. The monoisotopic (exact) mass is 536 g/mol. The molecule has 8 heteroatoms. The maximum atomic E-state index is 14.1. The second kappa shape index (κ2) is 10.8. The normalized spacial score (nSPS) is 22.3. The molecule has 1 aliphatic carbocycles. The molecule has 1 aromatic carbocycles. The Kier molecular flexibility index (Phi) is 9.00. The van der Waals surface area contributed by atoms with E-state index in [0.717, 1.165) is 38.3 Å². The van der Waals surface area contributed by atoms with Gasteiger partial charge in [-0.3, -0.25) is 9.79 Å². The van der Waals surface area contributed by atoms with E-state index in [9.17, 15) is 9.18 Å². The Bertz CT molecular complexity index is 717. The zero-order chi connectivity index (χ0) is 20.3. The maximum Gasteiger partial charge on any atom is 0.225 e. The third-order valence-electron chi connectivity index (χ3n) is 5.44. The molecule has 0 spiro atoms. The average Bonchev–Trinajstić information content (AvgIpc) is 3.40. The predicted octanol–water partition coefficient (Wildman–Crippen LogP) is 4.16. The first kappa shape index (κ1) is 24.2. The number of hydrogen-bond acceptors (Lipinski definition) is 2. The molecule has 2 unspecified atom stereocenters. The fourth-order valence-electron chi connectivity index (χ4n) is 3.81. The van der Waals surface area contributed by atoms with Crippen LogP contribution in [0.5, 0.6) is 0 Å². The standard InChI is InChI=1S/C21H30ClFN4O.HI/c1-4-24-21(25-14-8-10-27(11-9-14)20(28)13(2)3)26-18-12-15(18)19-16(22)6-5-7-17(19)23;/h5-7,13-15,18H,4,8-12H2,1-3H3,(H2,24,25,26);1H. The lowest BCUT2D eigenvalue weighted by molar-refractivity contribution is -0.135. The summed E-state index contributed by atoms with van der Waals surface area (Å²) in [6.45, 7) is 8.08. The summed E-state index contributed by atoms with van der Waals surface area (Å²) in [5, 5.41) is 7.40. The molecule has 3 rings (SSSR count). The minimum absolute atomic E-state index is 0. The number of halogens is 3. The number of likely N-dealkylation sites (tertiary alicyclic amines) is 1. The SMILES string of the molecule is CCN=C(NC1CCN(C(=O)C(C)C)CC1)NC1CC1c1c(F)cccc1Cl.I. The van der Waals surface area contributed by atoms with Gasteiger partial charge in [0.15, 0.2) is 5.96 Å². The smallest absolute Gasteiger partial charge is 0.225 e. The Morgan fingerprint density at radius 3 is 2.59 bits per heavy atom. The number of guanidine groups is 1. The van der Waals surface area contributed by atoms with Gasteiger partial charge >= 0.3 is 0 Å². The zero-order valence-corrected chi connectivity index (χ0v) is 20.3. The lowest BCUT2D eigenvalue weighted by Crippen LogP contribution is -2.50. The minimum Gasteiger partial charge on any atom is -0.354 e.